The summed E-state index contributed by atoms with van der Waals surface area (Å²) in [6.07, 6.45) is 1.66. The molecule has 1 heterocycles. The normalized spacial score (nSPS) is 11.5. The molecule has 0 saturated carbocycles. The molecule has 30 heavy (non-hydrogen) atoms. The predicted octanol–water partition coefficient (Wildman–Crippen LogP) is 2.50. The number of amides is 1. The SMILES string of the molecule is CCCc1cc(C(=O)OCC(=O)Nc2ccc(C)c(S(=O)(=O)N(CC)CC)c2)n[nH]1. The molecule has 0 aliphatic rings. The molecule has 2 rings (SSSR count). The Morgan fingerprint density at radius 3 is 2.50 bits per heavy atom. The molecule has 0 radical (unpaired) electrons. The standard InChI is InChI=1S/C20H28N4O5S/c1-5-8-16-11-17(23-22-16)20(26)29-13-19(25)21-15-10-9-14(4)18(12-15)30(27,28)24(6-2)7-3/h9-12H,5-8,13H2,1-4H3,(H,21,25)(H,22,23). The zero-order valence-corrected chi connectivity index (χ0v) is 18.5. The second-order valence-corrected chi connectivity index (χ2v) is 8.63. The van der Waals surface area contributed by atoms with E-state index in [0.717, 1.165) is 18.5 Å². The van der Waals surface area contributed by atoms with Crippen LogP contribution in [0.2, 0.25) is 0 Å². The average molecular weight is 437 g/mol. The Balaban J connectivity index is 2.04. The summed E-state index contributed by atoms with van der Waals surface area (Å²) in [6, 6.07) is 6.22. The van der Waals surface area contributed by atoms with Crippen molar-refractivity contribution in [2.45, 2.75) is 45.4 Å². The molecule has 1 aromatic carbocycles. The highest BCUT2D eigenvalue weighted by molar-refractivity contribution is 7.89. The number of esters is 1. The number of hydrogen-bond acceptors (Lipinski definition) is 6. The molecule has 0 atom stereocenters. The van der Waals surface area contributed by atoms with E-state index in [0.29, 0.717) is 24.3 Å². The lowest BCUT2D eigenvalue weighted by molar-refractivity contribution is -0.119. The minimum Gasteiger partial charge on any atom is -0.451 e. The van der Waals surface area contributed by atoms with Gasteiger partial charge in [-0.3, -0.25) is 9.89 Å². The minimum atomic E-state index is -3.67. The van der Waals surface area contributed by atoms with Gasteiger partial charge in [-0.15, -0.1) is 0 Å². The molecule has 164 valence electrons. The van der Waals surface area contributed by atoms with Crippen LogP contribution in [0.15, 0.2) is 29.2 Å². The maximum atomic E-state index is 12.8. The van der Waals surface area contributed by atoms with Gasteiger partial charge in [0.05, 0.1) is 4.90 Å². The zero-order valence-electron chi connectivity index (χ0n) is 17.7. The Kier molecular flexibility index (Phi) is 8.13. The third kappa shape index (κ3) is 5.67. The minimum absolute atomic E-state index is 0.106. The van der Waals surface area contributed by atoms with Crippen LogP contribution in [0.4, 0.5) is 5.69 Å². The second kappa shape index (κ2) is 10.4. The van der Waals surface area contributed by atoms with Crippen molar-refractivity contribution in [1.29, 1.82) is 0 Å². The van der Waals surface area contributed by atoms with Crippen molar-refractivity contribution in [3.8, 4) is 0 Å². The quantitative estimate of drug-likeness (QED) is 0.552. The van der Waals surface area contributed by atoms with Crippen LogP contribution in [0.1, 0.15) is 48.9 Å². The first-order chi connectivity index (χ1) is 14.2. The number of aryl methyl sites for hydroxylation is 2. The van der Waals surface area contributed by atoms with Crippen LogP contribution in [0.3, 0.4) is 0 Å². The molecule has 2 N–H and O–H groups in total. The van der Waals surface area contributed by atoms with Gasteiger partial charge in [0, 0.05) is 24.5 Å². The van der Waals surface area contributed by atoms with E-state index in [1.165, 1.54) is 10.4 Å². The van der Waals surface area contributed by atoms with Crippen molar-refractivity contribution in [1.82, 2.24) is 14.5 Å². The fraction of sp³-hybridized carbons (Fsp3) is 0.450. The number of benzene rings is 1. The van der Waals surface area contributed by atoms with Gasteiger partial charge in [-0.05, 0) is 37.1 Å². The Hall–Kier alpha value is -2.72. The molecule has 2 aromatic rings. The number of carbonyl (C=O) groups excluding carboxylic acids is 2. The van der Waals surface area contributed by atoms with Gasteiger partial charge in [-0.2, -0.15) is 9.40 Å². The van der Waals surface area contributed by atoms with Crippen molar-refractivity contribution in [2.24, 2.45) is 0 Å². The van der Waals surface area contributed by atoms with Crippen LogP contribution in [0.25, 0.3) is 0 Å². The van der Waals surface area contributed by atoms with Gasteiger partial charge in [0.1, 0.15) is 0 Å². The summed E-state index contributed by atoms with van der Waals surface area (Å²) >= 11 is 0. The first kappa shape index (κ1) is 23.6. The number of nitrogens with zero attached hydrogens (tertiary/aromatic N) is 2. The fourth-order valence-electron chi connectivity index (χ4n) is 2.92. The number of nitrogens with one attached hydrogen (secondary N) is 2. The molecule has 0 aliphatic carbocycles. The van der Waals surface area contributed by atoms with Crippen molar-refractivity contribution >= 4 is 27.6 Å². The number of aromatic nitrogens is 2. The van der Waals surface area contributed by atoms with Gasteiger partial charge in [-0.25, -0.2) is 13.2 Å². The van der Waals surface area contributed by atoms with Gasteiger partial charge in [0.2, 0.25) is 10.0 Å². The van der Waals surface area contributed by atoms with Crippen molar-refractivity contribution < 1.29 is 22.7 Å². The van der Waals surface area contributed by atoms with E-state index >= 15 is 0 Å². The molecule has 0 bridgehead atoms. The van der Waals surface area contributed by atoms with Crippen molar-refractivity contribution in [3.63, 3.8) is 0 Å². The van der Waals surface area contributed by atoms with Crippen LogP contribution in [0.5, 0.6) is 0 Å². The van der Waals surface area contributed by atoms with Crippen LogP contribution < -0.4 is 5.32 Å². The van der Waals surface area contributed by atoms with E-state index in [1.54, 1.807) is 39.0 Å². The van der Waals surface area contributed by atoms with E-state index in [-0.39, 0.29) is 10.6 Å². The van der Waals surface area contributed by atoms with E-state index in [4.69, 9.17) is 4.74 Å². The Morgan fingerprint density at radius 2 is 1.87 bits per heavy atom. The molecule has 0 unspecified atom stereocenters. The average Bonchev–Trinajstić information content (AvgIpc) is 3.17. The highest BCUT2D eigenvalue weighted by Gasteiger charge is 2.24. The zero-order chi connectivity index (χ0) is 22.3. The molecule has 0 fully saturated rings. The highest BCUT2D eigenvalue weighted by Crippen LogP contribution is 2.23. The number of carbonyl (C=O) groups is 2. The molecule has 1 aromatic heterocycles. The van der Waals surface area contributed by atoms with Crippen molar-refractivity contribution in [3.05, 3.63) is 41.2 Å². The van der Waals surface area contributed by atoms with Crippen LogP contribution in [0, 0.1) is 6.92 Å². The van der Waals surface area contributed by atoms with Crippen LogP contribution >= 0.6 is 0 Å². The fourth-order valence-corrected chi connectivity index (χ4v) is 4.63. The molecular formula is C20H28N4O5S. The maximum Gasteiger partial charge on any atom is 0.359 e. The monoisotopic (exact) mass is 436 g/mol. The summed E-state index contributed by atoms with van der Waals surface area (Å²) in [6.45, 7) is 7.41. The van der Waals surface area contributed by atoms with E-state index in [2.05, 4.69) is 15.5 Å². The van der Waals surface area contributed by atoms with E-state index < -0.39 is 28.5 Å². The number of hydrogen-bond donors (Lipinski definition) is 2. The summed E-state index contributed by atoms with van der Waals surface area (Å²) < 4.78 is 31.9. The Labute approximate surface area is 176 Å². The molecule has 10 heteroatoms. The van der Waals surface area contributed by atoms with Crippen LogP contribution in [-0.4, -0.2) is 54.5 Å². The molecular weight excluding hydrogens is 408 g/mol. The summed E-state index contributed by atoms with van der Waals surface area (Å²) in [7, 11) is -3.67. The Morgan fingerprint density at radius 1 is 1.17 bits per heavy atom. The van der Waals surface area contributed by atoms with Gasteiger partial charge in [0.15, 0.2) is 12.3 Å². The van der Waals surface area contributed by atoms with E-state index in [1.807, 2.05) is 6.92 Å². The maximum absolute atomic E-state index is 12.8. The van der Waals surface area contributed by atoms with Gasteiger partial charge < -0.3 is 10.1 Å². The molecule has 0 spiro atoms. The second-order valence-electron chi connectivity index (χ2n) is 6.72. The molecule has 0 aliphatic heterocycles. The number of aromatic amines is 1. The largest absolute Gasteiger partial charge is 0.451 e. The lowest BCUT2D eigenvalue weighted by Gasteiger charge is -2.20. The topological polar surface area (TPSA) is 121 Å². The first-order valence-corrected chi connectivity index (χ1v) is 11.3. The summed E-state index contributed by atoms with van der Waals surface area (Å²) in [5.41, 5.74) is 1.80. The predicted molar refractivity (Wildman–Crippen MR) is 113 cm³/mol. The number of rotatable bonds is 10. The summed E-state index contributed by atoms with van der Waals surface area (Å²) in [4.78, 5) is 24.3. The van der Waals surface area contributed by atoms with E-state index in [9.17, 15) is 18.0 Å². The summed E-state index contributed by atoms with van der Waals surface area (Å²) in [5.74, 6) is -1.29. The Bertz CT molecular complexity index is 996. The van der Waals surface area contributed by atoms with Gasteiger partial charge >= 0.3 is 5.97 Å². The molecule has 0 saturated heterocycles. The third-order valence-electron chi connectivity index (χ3n) is 4.49. The number of H-pyrrole nitrogens is 1. The number of sulfonamides is 1. The van der Waals surface area contributed by atoms with Gasteiger partial charge in [-0.1, -0.05) is 33.3 Å². The van der Waals surface area contributed by atoms with Crippen LogP contribution in [-0.2, 0) is 26.0 Å². The summed E-state index contributed by atoms with van der Waals surface area (Å²) in [5, 5.41) is 9.18. The smallest absolute Gasteiger partial charge is 0.359 e. The lowest BCUT2D eigenvalue weighted by atomic mass is 10.2. The lowest BCUT2D eigenvalue weighted by Crippen LogP contribution is -2.31. The number of anilines is 1. The third-order valence-corrected chi connectivity index (χ3v) is 6.68. The number of ether oxygens (including phenoxy) is 1. The molecule has 1 amide bonds. The first-order valence-electron chi connectivity index (χ1n) is 9.84. The van der Waals surface area contributed by atoms with Crippen molar-refractivity contribution in [2.75, 3.05) is 25.0 Å². The highest BCUT2D eigenvalue weighted by atomic mass is 32.2. The molecule has 9 nitrogen and oxygen atoms in total. The van der Waals surface area contributed by atoms with Gasteiger partial charge in [0.25, 0.3) is 5.91 Å².